The van der Waals surface area contributed by atoms with E-state index in [0.29, 0.717) is 18.9 Å². The highest BCUT2D eigenvalue weighted by Crippen LogP contribution is 2.54. The Bertz CT molecular complexity index is 510. The van der Waals surface area contributed by atoms with Gasteiger partial charge in [0.2, 0.25) is 5.91 Å². The Hall–Kier alpha value is -1.43. The van der Waals surface area contributed by atoms with Crippen LogP contribution in [0.5, 0.6) is 0 Å². The van der Waals surface area contributed by atoms with Crippen molar-refractivity contribution in [3.8, 4) is 0 Å². The molecule has 1 heterocycles. The van der Waals surface area contributed by atoms with Crippen molar-refractivity contribution in [3.05, 3.63) is 16.1 Å². The molecule has 0 saturated heterocycles. The second kappa shape index (κ2) is 4.92. The molecule has 0 aromatic carbocycles. The van der Waals surface area contributed by atoms with Gasteiger partial charge >= 0.3 is 5.97 Å². The summed E-state index contributed by atoms with van der Waals surface area (Å²) in [5.41, 5.74) is 0.0855. The van der Waals surface area contributed by atoms with Gasteiger partial charge in [0.05, 0.1) is 5.01 Å². The van der Waals surface area contributed by atoms with Gasteiger partial charge in [0.15, 0.2) is 5.69 Å². The number of aromatic nitrogens is 1. The number of carboxylic acid groups (broad SMARTS) is 1. The van der Waals surface area contributed by atoms with Crippen molar-refractivity contribution >= 4 is 23.2 Å². The van der Waals surface area contributed by atoms with E-state index in [1.165, 1.54) is 29.6 Å². The second-order valence-electron chi connectivity index (χ2n) is 5.32. The van der Waals surface area contributed by atoms with E-state index in [1.54, 1.807) is 0 Å². The summed E-state index contributed by atoms with van der Waals surface area (Å²) in [4.78, 5) is 26.5. The summed E-state index contributed by atoms with van der Waals surface area (Å²) in [5.74, 6) is 0.841. The number of hydrogen-bond acceptors (Lipinski definition) is 4. The standard InChI is InChI=1S/C13H16N2O3S/c16-12(9-5-8(9)7-1-2-7)14-4-3-11-15-10(6-19-11)13(17)18/h6-9H,1-5H2,(H,14,16)(H,17,18). The van der Waals surface area contributed by atoms with Gasteiger partial charge in [0.25, 0.3) is 0 Å². The van der Waals surface area contributed by atoms with Gasteiger partial charge in [-0.2, -0.15) is 0 Å². The van der Waals surface area contributed by atoms with E-state index in [4.69, 9.17) is 5.11 Å². The maximum Gasteiger partial charge on any atom is 0.355 e. The molecule has 102 valence electrons. The molecule has 5 nitrogen and oxygen atoms in total. The fourth-order valence-electron chi connectivity index (χ4n) is 2.51. The van der Waals surface area contributed by atoms with Crippen molar-refractivity contribution in [2.45, 2.75) is 25.7 Å². The molecule has 6 heteroatoms. The number of rotatable bonds is 6. The van der Waals surface area contributed by atoms with Crippen molar-refractivity contribution in [3.63, 3.8) is 0 Å². The van der Waals surface area contributed by atoms with Gasteiger partial charge in [-0.15, -0.1) is 11.3 Å². The topological polar surface area (TPSA) is 79.3 Å². The SMILES string of the molecule is O=C(O)c1csc(CCNC(=O)C2CC2C2CC2)n1. The minimum absolute atomic E-state index is 0.0855. The molecule has 3 rings (SSSR count). The van der Waals surface area contributed by atoms with Crippen molar-refractivity contribution in [1.82, 2.24) is 10.3 Å². The summed E-state index contributed by atoms with van der Waals surface area (Å²) in [6, 6.07) is 0. The maximum absolute atomic E-state index is 11.8. The van der Waals surface area contributed by atoms with Gasteiger partial charge in [-0.1, -0.05) is 0 Å². The molecule has 2 N–H and O–H groups in total. The Morgan fingerprint density at radius 1 is 1.47 bits per heavy atom. The van der Waals surface area contributed by atoms with Crippen LogP contribution in [-0.2, 0) is 11.2 Å². The lowest BCUT2D eigenvalue weighted by molar-refractivity contribution is -0.122. The summed E-state index contributed by atoms with van der Waals surface area (Å²) in [5, 5.41) is 14.0. The van der Waals surface area contributed by atoms with E-state index in [1.807, 2.05) is 0 Å². The van der Waals surface area contributed by atoms with Crippen LogP contribution in [0, 0.1) is 17.8 Å². The van der Waals surface area contributed by atoms with E-state index in [2.05, 4.69) is 10.3 Å². The Balaban J connectivity index is 1.40. The molecule has 2 aliphatic rings. The number of nitrogens with zero attached hydrogens (tertiary/aromatic N) is 1. The Labute approximate surface area is 115 Å². The molecule has 2 saturated carbocycles. The van der Waals surface area contributed by atoms with Crippen LogP contribution in [0.4, 0.5) is 0 Å². The molecule has 2 atom stereocenters. The highest BCUT2D eigenvalue weighted by atomic mass is 32.1. The predicted octanol–water partition coefficient (Wildman–Crippen LogP) is 1.55. The van der Waals surface area contributed by atoms with Crippen molar-refractivity contribution in [2.75, 3.05) is 6.54 Å². The van der Waals surface area contributed by atoms with Gasteiger partial charge < -0.3 is 10.4 Å². The average molecular weight is 280 g/mol. The lowest BCUT2D eigenvalue weighted by Gasteiger charge is -2.02. The molecule has 0 spiro atoms. The Morgan fingerprint density at radius 2 is 2.26 bits per heavy atom. The first-order valence-corrected chi connectivity index (χ1v) is 7.48. The number of aromatic carboxylic acids is 1. The Morgan fingerprint density at radius 3 is 2.89 bits per heavy atom. The average Bonchev–Trinajstić information content (AvgIpc) is 3.25. The fraction of sp³-hybridized carbons (Fsp3) is 0.615. The zero-order valence-corrected chi connectivity index (χ0v) is 11.3. The minimum Gasteiger partial charge on any atom is -0.476 e. The minimum atomic E-state index is -1.00. The summed E-state index contributed by atoms with van der Waals surface area (Å²) in [6.45, 7) is 0.541. The molecule has 19 heavy (non-hydrogen) atoms. The second-order valence-corrected chi connectivity index (χ2v) is 6.26. The third-order valence-electron chi connectivity index (χ3n) is 3.81. The Kier molecular flexibility index (Phi) is 3.26. The summed E-state index contributed by atoms with van der Waals surface area (Å²) in [7, 11) is 0. The molecule has 0 aliphatic heterocycles. The van der Waals surface area contributed by atoms with Crippen LogP contribution in [0.1, 0.15) is 34.8 Å². The first-order valence-electron chi connectivity index (χ1n) is 6.60. The van der Waals surface area contributed by atoms with Gasteiger partial charge in [-0.3, -0.25) is 4.79 Å². The van der Waals surface area contributed by atoms with Crippen LogP contribution in [0.15, 0.2) is 5.38 Å². The van der Waals surface area contributed by atoms with Gasteiger partial charge in [0, 0.05) is 24.3 Å². The number of thiazole rings is 1. The molecule has 2 fully saturated rings. The highest BCUT2D eigenvalue weighted by Gasteiger charge is 2.50. The number of hydrogen-bond donors (Lipinski definition) is 2. The van der Waals surface area contributed by atoms with E-state index in [9.17, 15) is 9.59 Å². The summed E-state index contributed by atoms with van der Waals surface area (Å²) >= 11 is 1.33. The monoisotopic (exact) mass is 280 g/mol. The molecular formula is C13H16N2O3S. The molecule has 1 aromatic heterocycles. The predicted molar refractivity (Wildman–Crippen MR) is 70.1 cm³/mol. The van der Waals surface area contributed by atoms with Crippen LogP contribution >= 0.6 is 11.3 Å². The van der Waals surface area contributed by atoms with Crippen LogP contribution < -0.4 is 5.32 Å². The van der Waals surface area contributed by atoms with E-state index in [0.717, 1.165) is 17.3 Å². The number of nitrogens with one attached hydrogen (secondary N) is 1. The van der Waals surface area contributed by atoms with Crippen LogP contribution in [-0.4, -0.2) is 28.5 Å². The smallest absolute Gasteiger partial charge is 0.355 e. The molecule has 2 aliphatic carbocycles. The van der Waals surface area contributed by atoms with Crippen LogP contribution in [0.25, 0.3) is 0 Å². The van der Waals surface area contributed by atoms with E-state index >= 15 is 0 Å². The number of carbonyl (C=O) groups excluding carboxylic acids is 1. The zero-order chi connectivity index (χ0) is 13.4. The molecule has 1 amide bonds. The third-order valence-corrected chi connectivity index (χ3v) is 4.72. The van der Waals surface area contributed by atoms with Crippen molar-refractivity contribution in [2.24, 2.45) is 17.8 Å². The molecular weight excluding hydrogens is 264 g/mol. The molecule has 1 aromatic rings. The quantitative estimate of drug-likeness (QED) is 0.828. The first-order chi connectivity index (χ1) is 9.15. The normalized spacial score (nSPS) is 25.1. The molecule has 0 bridgehead atoms. The van der Waals surface area contributed by atoms with Crippen molar-refractivity contribution in [1.29, 1.82) is 0 Å². The van der Waals surface area contributed by atoms with Gasteiger partial charge in [-0.05, 0) is 31.1 Å². The highest BCUT2D eigenvalue weighted by molar-refractivity contribution is 7.09. The largest absolute Gasteiger partial charge is 0.476 e. The number of carbonyl (C=O) groups is 2. The van der Waals surface area contributed by atoms with Gasteiger partial charge in [0.1, 0.15) is 0 Å². The lowest BCUT2D eigenvalue weighted by Crippen LogP contribution is -2.27. The van der Waals surface area contributed by atoms with Gasteiger partial charge in [-0.25, -0.2) is 9.78 Å². The molecule has 0 radical (unpaired) electrons. The summed E-state index contributed by atoms with van der Waals surface area (Å²) in [6.07, 6.45) is 4.25. The fourth-order valence-corrected chi connectivity index (χ4v) is 3.28. The lowest BCUT2D eigenvalue weighted by atomic mass is 10.2. The van der Waals surface area contributed by atoms with E-state index < -0.39 is 5.97 Å². The molecule has 2 unspecified atom stereocenters. The van der Waals surface area contributed by atoms with Crippen LogP contribution in [0.2, 0.25) is 0 Å². The van der Waals surface area contributed by atoms with Crippen LogP contribution in [0.3, 0.4) is 0 Å². The first kappa shape index (κ1) is 12.6. The van der Waals surface area contributed by atoms with E-state index in [-0.39, 0.29) is 17.5 Å². The third kappa shape index (κ3) is 2.94. The summed E-state index contributed by atoms with van der Waals surface area (Å²) < 4.78 is 0. The number of amides is 1. The maximum atomic E-state index is 11.8. The zero-order valence-electron chi connectivity index (χ0n) is 10.5. The number of carboxylic acids is 1. The van der Waals surface area contributed by atoms with Crippen molar-refractivity contribution < 1.29 is 14.7 Å².